The van der Waals surface area contributed by atoms with Gasteiger partial charge in [0.15, 0.2) is 0 Å². The van der Waals surface area contributed by atoms with E-state index in [1.807, 2.05) is 0 Å². The van der Waals surface area contributed by atoms with Crippen LogP contribution < -0.4 is 10.5 Å². The highest BCUT2D eigenvalue weighted by atomic mass is 16.5. The number of carbonyl (C=O) groups is 3. The number of ether oxygens (including phenoxy) is 3. The Morgan fingerprint density at radius 3 is 2.22 bits per heavy atom. The van der Waals surface area contributed by atoms with Gasteiger partial charge in [0.2, 0.25) is 5.91 Å². The van der Waals surface area contributed by atoms with E-state index in [0.29, 0.717) is 48.6 Å². The summed E-state index contributed by atoms with van der Waals surface area (Å²) >= 11 is 0. The summed E-state index contributed by atoms with van der Waals surface area (Å²) < 4.78 is 15.4. The fourth-order valence-electron chi connectivity index (χ4n) is 3.32. The van der Waals surface area contributed by atoms with Gasteiger partial charge in [0.1, 0.15) is 11.6 Å². The zero-order valence-corrected chi connectivity index (χ0v) is 20.9. The number of rotatable bonds is 13. The van der Waals surface area contributed by atoms with Gasteiger partial charge in [0.25, 0.3) is 0 Å². The molecule has 0 aliphatic carbocycles. The molecule has 0 aromatic heterocycles. The van der Waals surface area contributed by atoms with Crippen molar-refractivity contribution in [2.24, 2.45) is 5.73 Å². The third-order valence-electron chi connectivity index (χ3n) is 5.20. The third-order valence-corrected chi connectivity index (χ3v) is 5.20. The van der Waals surface area contributed by atoms with Crippen LogP contribution in [0.1, 0.15) is 48.2 Å². The molecule has 0 aliphatic rings. The first-order valence-corrected chi connectivity index (χ1v) is 11.6. The van der Waals surface area contributed by atoms with Crippen molar-refractivity contribution in [1.82, 2.24) is 4.90 Å². The quantitative estimate of drug-likeness (QED) is 0.109. The van der Waals surface area contributed by atoms with Gasteiger partial charge in [0.05, 0.1) is 18.6 Å². The van der Waals surface area contributed by atoms with Gasteiger partial charge in [-0.25, -0.2) is 4.79 Å². The Bertz CT molecular complexity index is 1080. The summed E-state index contributed by atoms with van der Waals surface area (Å²) in [5, 5.41) is 7.41. The molecule has 0 saturated carbocycles. The predicted molar refractivity (Wildman–Crippen MR) is 137 cm³/mol. The van der Waals surface area contributed by atoms with E-state index in [1.54, 1.807) is 80.5 Å². The number of esters is 2. The summed E-state index contributed by atoms with van der Waals surface area (Å²) in [5.41, 5.74) is 7.55. The minimum absolute atomic E-state index is 0.0672. The van der Waals surface area contributed by atoms with E-state index in [4.69, 9.17) is 25.4 Å². The molecule has 2 rings (SSSR count). The van der Waals surface area contributed by atoms with Crippen LogP contribution in [0.5, 0.6) is 5.75 Å². The van der Waals surface area contributed by atoms with E-state index >= 15 is 0 Å². The number of nitrogens with two attached hydrogens (primary N) is 1. The summed E-state index contributed by atoms with van der Waals surface area (Å²) in [5.74, 6) is -0.791. The van der Waals surface area contributed by atoms with Gasteiger partial charge < -0.3 is 24.8 Å². The van der Waals surface area contributed by atoms with Crippen molar-refractivity contribution >= 4 is 29.8 Å². The normalized spacial score (nSPS) is 11.0. The standard InChI is InChI=1S/C27H33N3O6/c1-4-35-24(31)14-16-30(15-5-17-34-3)26(32)19(2)18-20-6-8-22(9-7-20)27(33)36-23-12-10-21(11-13-23)25(28)29/h6-13,18H,4-5,14-17H2,1-3H3,(H3,28,29)/b19-18+. The van der Waals surface area contributed by atoms with Crippen molar-refractivity contribution in [2.45, 2.75) is 26.7 Å². The van der Waals surface area contributed by atoms with Crippen LogP contribution in [0.15, 0.2) is 54.1 Å². The van der Waals surface area contributed by atoms with Crippen LogP contribution in [-0.2, 0) is 19.1 Å². The number of benzene rings is 2. The van der Waals surface area contributed by atoms with Crippen molar-refractivity contribution in [1.29, 1.82) is 5.41 Å². The molecule has 9 nitrogen and oxygen atoms in total. The highest BCUT2D eigenvalue weighted by Gasteiger charge is 2.17. The minimum atomic E-state index is -0.530. The second kappa shape index (κ2) is 14.4. The second-order valence-electron chi connectivity index (χ2n) is 7.97. The number of hydrogen-bond donors (Lipinski definition) is 2. The molecule has 192 valence electrons. The number of amides is 1. The smallest absolute Gasteiger partial charge is 0.343 e. The summed E-state index contributed by atoms with van der Waals surface area (Å²) in [7, 11) is 1.60. The van der Waals surface area contributed by atoms with Crippen molar-refractivity contribution < 1.29 is 28.6 Å². The molecular formula is C27H33N3O6. The Labute approximate surface area is 211 Å². The lowest BCUT2D eigenvalue weighted by Crippen LogP contribution is -2.35. The first-order chi connectivity index (χ1) is 17.2. The third kappa shape index (κ3) is 8.99. The van der Waals surface area contributed by atoms with Gasteiger partial charge in [-0.1, -0.05) is 12.1 Å². The van der Waals surface area contributed by atoms with E-state index in [0.717, 1.165) is 5.56 Å². The second-order valence-corrected chi connectivity index (χ2v) is 7.97. The van der Waals surface area contributed by atoms with E-state index < -0.39 is 5.97 Å². The lowest BCUT2D eigenvalue weighted by molar-refractivity contribution is -0.143. The molecule has 0 unspecified atom stereocenters. The fraction of sp³-hybridized carbons (Fsp3) is 0.333. The highest BCUT2D eigenvalue weighted by molar-refractivity contribution is 5.98. The number of hydrogen-bond acceptors (Lipinski definition) is 7. The first-order valence-electron chi connectivity index (χ1n) is 11.6. The number of methoxy groups -OCH3 is 1. The van der Waals surface area contributed by atoms with Crippen LogP contribution in [-0.4, -0.2) is 62.0 Å². The van der Waals surface area contributed by atoms with Gasteiger partial charge in [-0.05, 0) is 68.3 Å². The maximum Gasteiger partial charge on any atom is 0.343 e. The van der Waals surface area contributed by atoms with Crippen molar-refractivity contribution in [3.8, 4) is 5.75 Å². The first kappa shape index (κ1) is 28.3. The molecule has 2 aromatic rings. The predicted octanol–water partition coefficient (Wildman–Crippen LogP) is 3.41. The van der Waals surface area contributed by atoms with Gasteiger partial charge >= 0.3 is 11.9 Å². The Kier molecular flexibility index (Phi) is 11.3. The molecule has 0 spiro atoms. The topological polar surface area (TPSA) is 132 Å². The number of nitrogen functional groups attached to an aromatic ring is 1. The van der Waals surface area contributed by atoms with Crippen LogP contribution in [0.3, 0.4) is 0 Å². The average molecular weight is 496 g/mol. The molecule has 36 heavy (non-hydrogen) atoms. The zero-order chi connectivity index (χ0) is 26.5. The van der Waals surface area contributed by atoms with E-state index in [1.165, 1.54) is 0 Å². The fourth-order valence-corrected chi connectivity index (χ4v) is 3.32. The van der Waals surface area contributed by atoms with Gasteiger partial charge in [-0.2, -0.15) is 0 Å². The molecule has 0 atom stereocenters. The van der Waals surface area contributed by atoms with Crippen LogP contribution in [0.4, 0.5) is 0 Å². The molecule has 0 bridgehead atoms. The van der Waals surface area contributed by atoms with Crippen LogP contribution in [0.25, 0.3) is 6.08 Å². The van der Waals surface area contributed by atoms with Gasteiger partial charge in [0, 0.05) is 37.9 Å². The number of nitrogens with one attached hydrogen (secondary N) is 1. The van der Waals surface area contributed by atoms with Gasteiger partial charge in [-0.3, -0.25) is 15.0 Å². The Balaban J connectivity index is 2.04. The molecule has 0 radical (unpaired) electrons. The molecule has 0 heterocycles. The maximum absolute atomic E-state index is 13.0. The largest absolute Gasteiger partial charge is 0.466 e. The molecule has 0 saturated heterocycles. The lowest BCUT2D eigenvalue weighted by atomic mass is 10.1. The van der Waals surface area contributed by atoms with Crippen LogP contribution in [0, 0.1) is 5.41 Å². The molecule has 0 aliphatic heterocycles. The minimum Gasteiger partial charge on any atom is -0.466 e. The van der Waals surface area contributed by atoms with Crippen LogP contribution >= 0.6 is 0 Å². The van der Waals surface area contributed by atoms with E-state index in [2.05, 4.69) is 0 Å². The summed E-state index contributed by atoms with van der Waals surface area (Å²) in [6.07, 6.45) is 2.49. The number of carbonyl (C=O) groups excluding carboxylic acids is 3. The average Bonchev–Trinajstić information content (AvgIpc) is 2.86. The molecule has 1 amide bonds. The van der Waals surface area contributed by atoms with Crippen molar-refractivity contribution in [2.75, 3.05) is 33.4 Å². The number of amidine groups is 1. The maximum atomic E-state index is 13.0. The molecule has 9 heteroatoms. The van der Waals surface area contributed by atoms with Crippen LogP contribution in [0.2, 0.25) is 0 Å². The molecule has 0 fully saturated rings. The zero-order valence-electron chi connectivity index (χ0n) is 20.9. The Morgan fingerprint density at radius 1 is 1.00 bits per heavy atom. The molecule has 3 N–H and O–H groups in total. The monoisotopic (exact) mass is 495 g/mol. The van der Waals surface area contributed by atoms with E-state index in [-0.39, 0.29) is 30.7 Å². The highest BCUT2D eigenvalue weighted by Crippen LogP contribution is 2.16. The Morgan fingerprint density at radius 2 is 1.64 bits per heavy atom. The lowest BCUT2D eigenvalue weighted by Gasteiger charge is -2.22. The Hall–Kier alpha value is -3.98. The summed E-state index contributed by atoms with van der Waals surface area (Å²) in [6.45, 7) is 4.96. The van der Waals surface area contributed by atoms with Crippen molar-refractivity contribution in [3.05, 3.63) is 70.8 Å². The van der Waals surface area contributed by atoms with Crippen molar-refractivity contribution in [3.63, 3.8) is 0 Å². The molecule has 2 aromatic carbocycles. The number of nitrogens with zero attached hydrogens (tertiary/aromatic N) is 1. The van der Waals surface area contributed by atoms with E-state index in [9.17, 15) is 14.4 Å². The molecular weight excluding hydrogens is 462 g/mol. The SMILES string of the molecule is CCOC(=O)CCN(CCCOC)C(=O)/C(C)=C/c1ccc(C(=O)Oc2ccc(C(=N)N)cc2)cc1. The summed E-state index contributed by atoms with van der Waals surface area (Å²) in [6, 6.07) is 13.0. The van der Waals surface area contributed by atoms with Gasteiger partial charge in [-0.15, -0.1) is 0 Å². The summed E-state index contributed by atoms with van der Waals surface area (Å²) in [4.78, 5) is 38.8.